The number of fused-ring (bicyclic) bond motifs is 8. The van der Waals surface area contributed by atoms with Gasteiger partial charge in [0.25, 0.3) is 0 Å². The van der Waals surface area contributed by atoms with E-state index >= 15 is 0 Å². The van der Waals surface area contributed by atoms with Crippen LogP contribution in [-0.2, 0) is 14.3 Å². The third kappa shape index (κ3) is 2.91. The molecule has 4 unspecified atom stereocenters. The van der Waals surface area contributed by atoms with E-state index in [1.165, 1.54) is 5.57 Å². The summed E-state index contributed by atoms with van der Waals surface area (Å²) in [7, 11) is 0. The molecule has 0 spiro atoms. The minimum atomic E-state index is -0.611. The Bertz CT molecular complexity index is 862. The van der Waals surface area contributed by atoms with E-state index in [-0.39, 0.29) is 59.9 Å². The molecule has 6 heteroatoms. The summed E-state index contributed by atoms with van der Waals surface area (Å²) in [6, 6.07) is 0. The average Bonchev–Trinajstić information content (AvgIpc) is 3.22. The van der Waals surface area contributed by atoms with Gasteiger partial charge >= 0.3 is 5.97 Å². The molecule has 32 heavy (non-hydrogen) atoms. The molecular formula is C26H38O6. The predicted octanol–water partition coefficient (Wildman–Crippen LogP) is 2.82. The van der Waals surface area contributed by atoms with Crippen LogP contribution in [0.1, 0.15) is 53.9 Å². The van der Waals surface area contributed by atoms with Gasteiger partial charge in [-0.2, -0.15) is 0 Å². The number of aliphatic hydroxyl groups excluding tert-OH is 3. The molecule has 3 aliphatic carbocycles. The second-order valence-electron chi connectivity index (χ2n) is 11.3. The summed E-state index contributed by atoms with van der Waals surface area (Å²) in [5.41, 5.74) is 1.36. The monoisotopic (exact) mass is 446 g/mol. The van der Waals surface area contributed by atoms with Crippen molar-refractivity contribution in [2.75, 3.05) is 6.61 Å². The van der Waals surface area contributed by atoms with Crippen LogP contribution < -0.4 is 0 Å². The molecule has 0 aromatic carbocycles. The van der Waals surface area contributed by atoms with Gasteiger partial charge in [-0.05, 0) is 57.8 Å². The number of ether oxygens (including phenoxy) is 2. The number of carbonyl (C=O) groups excluding carboxylic acids is 1. The standard InChI is InChI=1S/C26H38O6/c1-6-31-25(30)21-20-16(26(5)8-7-17(27)12(3)24(21)32-26)10-14-11(2)9-15-19(18(14)20)23(29)13(4)22(15)28/h9,12-20,22-23,27-29H,6-8,10H2,1-5H3/t12-,13+,14?,15?,16-,17+,18?,19?,20-,22+,23-,26+/m1/s1. The Labute approximate surface area is 190 Å². The van der Waals surface area contributed by atoms with Crippen molar-refractivity contribution in [1.82, 2.24) is 0 Å². The zero-order valence-electron chi connectivity index (χ0n) is 19.8. The van der Waals surface area contributed by atoms with Gasteiger partial charge in [-0.25, -0.2) is 4.79 Å². The Kier molecular flexibility index (Phi) is 5.31. The first-order valence-electron chi connectivity index (χ1n) is 12.4. The first kappa shape index (κ1) is 22.4. The van der Waals surface area contributed by atoms with Crippen LogP contribution in [0.5, 0.6) is 0 Å². The van der Waals surface area contributed by atoms with E-state index in [0.717, 1.165) is 12.8 Å². The number of esters is 1. The molecule has 5 aliphatic rings. The number of aliphatic hydroxyl groups is 3. The van der Waals surface area contributed by atoms with E-state index in [9.17, 15) is 20.1 Å². The number of allylic oxidation sites excluding steroid dienone is 1. The normalized spacial score (nSPS) is 51.8. The van der Waals surface area contributed by atoms with Gasteiger partial charge in [0.05, 0.1) is 30.5 Å². The molecule has 3 N–H and O–H groups in total. The third-order valence-corrected chi connectivity index (χ3v) is 9.76. The molecule has 0 radical (unpaired) electrons. The highest BCUT2D eigenvalue weighted by Gasteiger charge is 2.65. The number of hydrogen-bond acceptors (Lipinski definition) is 6. The van der Waals surface area contributed by atoms with Gasteiger partial charge in [-0.3, -0.25) is 0 Å². The predicted molar refractivity (Wildman–Crippen MR) is 118 cm³/mol. The molecule has 0 amide bonds. The number of carbonyl (C=O) groups is 1. The molecule has 0 aromatic heterocycles. The Morgan fingerprint density at radius 1 is 1.22 bits per heavy atom. The molecule has 2 aliphatic heterocycles. The maximum Gasteiger partial charge on any atom is 0.337 e. The van der Waals surface area contributed by atoms with Crippen LogP contribution in [-0.4, -0.2) is 51.8 Å². The van der Waals surface area contributed by atoms with Crippen molar-refractivity contribution in [3.8, 4) is 0 Å². The molecule has 5 rings (SSSR count). The number of rotatable bonds is 2. The fourth-order valence-corrected chi connectivity index (χ4v) is 8.02. The first-order chi connectivity index (χ1) is 15.1. The zero-order chi connectivity index (χ0) is 23.1. The summed E-state index contributed by atoms with van der Waals surface area (Å²) in [4.78, 5) is 13.4. The fraction of sp³-hybridized carbons (Fsp3) is 0.808. The Hall–Kier alpha value is -1.37. The molecule has 6 nitrogen and oxygen atoms in total. The summed E-state index contributed by atoms with van der Waals surface area (Å²) in [5, 5.41) is 33.0. The minimum Gasteiger partial charge on any atom is -0.491 e. The summed E-state index contributed by atoms with van der Waals surface area (Å²) in [6.45, 7) is 10.2. The molecule has 1 saturated heterocycles. The number of hydrogen-bond donors (Lipinski definition) is 3. The molecular weight excluding hydrogens is 408 g/mol. The SMILES string of the molecule is CCOC(=O)C1=C2O[C@@](C)(CC[C@H](O)[C@H]2C)[C@@H]2CC3C(C)=CC4C(C3[C@H]12)[C@H](O)[C@@H](C)[C@@H]4O. The molecule has 3 fully saturated rings. The molecule has 0 aromatic rings. The van der Waals surface area contributed by atoms with Crippen LogP contribution in [0.3, 0.4) is 0 Å². The van der Waals surface area contributed by atoms with Crippen LogP contribution in [0.2, 0.25) is 0 Å². The molecule has 2 heterocycles. The lowest BCUT2D eigenvalue weighted by molar-refractivity contribution is -0.144. The average molecular weight is 447 g/mol. The summed E-state index contributed by atoms with van der Waals surface area (Å²) >= 11 is 0. The van der Waals surface area contributed by atoms with E-state index in [1.54, 1.807) is 6.92 Å². The minimum absolute atomic E-state index is 0.0460. The van der Waals surface area contributed by atoms with Crippen LogP contribution in [0.15, 0.2) is 23.0 Å². The van der Waals surface area contributed by atoms with Crippen LogP contribution in [0.4, 0.5) is 0 Å². The lowest BCUT2D eigenvalue weighted by Crippen LogP contribution is -2.48. The van der Waals surface area contributed by atoms with E-state index < -0.39 is 23.9 Å². The van der Waals surface area contributed by atoms with Gasteiger partial charge in [-0.1, -0.05) is 25.5 Å². The van der Waals surface area contributed by atoms with Gasteiger partial charge in [0, 0.05) is 29.6 Å². The first-order valence-corrected chi connectivity index (χ1v) is 12.4. The quantitative estimate of drug-likeness (QED) is 0.446. The summed E-state index contributed by atoms with van der Waals surface area (Å²) in [6.07, 6.45) is 2.68. The van der Waals surface area contributed by atoms with Gasteiger partial charge in [-0.15, -0.1) is 0 Å². The van der Waals surface area contributed by atoms with Gasteiger partial charge in [0.1, 0.15) is 11.4 Å². The Balaban J connectivity index is 1.70. The molecule has 12 atom stereocenters. The third-order valence-electron chi connectivity index (χ3n) is 9.76. The maximum absolute atomic E-state index is 13.4. The maximum atomic E-state index is 13.4. The highest BCUT2D eigenvalue weighted by Crippen LogP contribution is 2.65. The lowest BCUT2D eigenvalue weighted by atomic mass is 9.63. The van der Waals surface area contributed by atoms with E-state index in [1.807, 2.05) is 13.8 Å². The van der Waals surface area contributed by atoms with E-state index in [2.05, 4.69) is 19.9 Å². The zero-order valence-corrected chi connectivity index (χ0v) is 19.8. The van der Waals surface area contributed by atoms with Crippen LogP contribution >= 0.6 is 0 Å². The molecule has 2 bridgehead atoms. The summed E-state index contributed by atoms with van der Waals surface area (Å²) in [5.74, 6) is -0.186. The fourth-order valence-electron chi connectivity index (χ4n) is 8.02. The van der Waals surface area contributed by atoms with Crippen molar-refractivity contribution in [3.63, 3.8) is 0 Å². The van der Waals surface area contributed by atoms with Crippen molar-refractivity contribution < 1.29 is 29.6 Å². The highest BCUT2D eigenvalue weighted by atomic mass is 16.5. The van der Waals surface area contributed by atoms with Gasteiger partial charge in [0.15, 0.2) is 0 Å². The van der Waals surface area contributed by atoms with Crippen molar-refractivity contribution in [3.05, 3.63) is 23.0 Å². The molecule has 2 saturated carbocycles. The largest absolute Gasteiger partial charge is 0.491 e. The Morgan fingerprint density at radius 3 is 2.62 bits per heavy atom. The Morgan fingerprint density at radius 2 is 1.94 bits per heavy atom. The van der Waals surface area contributed by atoms with Crippen molar-refractivity contribution in [2.45, 2.75) is 77.8 Å². The smallest absolute Gasteiger partial charge is 0.337 e. The van der Waals surface area contributed by atoms with Crippen molar-refractivity contribution >= 4 is 5.97 Å². The van der Waals surface area contributed by atoms with E-state index in [4.69, 9.17) is 9.47 Å². The molecule has 178 valence electrons. The van der Waals surface area contributed by atoms with Gasteiger partial charge < -0.3 is 24.8 Å². The second kappa shape index (κ2) is 7.57. The highest BCUT2D eigenvalue weighted by molar-refractivity contribution is 5.90. The lowest BCUT2D eigenvalue weighted by Gasteiger charge is -2.47. The van der Waals surface area contributed by atoms with Gasteiger partial charge in [0.2, 0.25) is 0 Å². The topological polar surface area (TPSA) is 96.2 Å². The van der Waals surface area contributed by atoms with Crippen LogP contribution in [0, 0.1) is 47.3 Å². The van der Waals surface area contributed by atoms with Crippen molar-refractivity contribution in [1.29, 1.82) is 0 Å². The van der Waals surface area contributed by atoms with Crippen LogP contribution in [0.25, 0.3) is 0 Å². The summed E-state index contributed by atoms with van der Waals surface area (Å²) < 4.78 is 12.2. The van der Waals surface area contributed by atoms with E-state index in [0.29, 0.717) is 17.8 Å². The van der Waals surface area contributed by atoms with Crippen molar-refractivity contribution in [2.24, 2.45) is 47.3 Å². The second-order valence-corrected chi connectivity index (χ2v) is 11.3.